The minimum Gasteiger partial charge on any atom is -0.314 e. The molecule has 130 valence electrons. The highest BCUT2D eigenvalue weighted by atomic mass is 16.2. The predicted molar refractivity (Wildman–Crippen MR) is 97.4 cm³/mol. The molecule has 2 fully saturated rings. The Bertz CT molecular complexity index is 605. The van der Waals surface area contributed by atoms with Crippen molar-refractivity contribution in [3.63, 3.8) is 0 Å². The van der Waals surface area contributed by atoms with Gasteiger partial charge in [0.25, 0.3) is 0 Å². The maximum Gasteiger partial charge on any atom is 0.230 e. The highest BCUT2D eigenvalue weighted by Gasteiger charge is 2.35. The maximum absolute atomic E-state index is 12.5. The minimum atomic E-state index is 0.309. The number of benzene rings is 1. The highest BCUT2D eigenvalue weighted by molar-refractivity contribution is 5.97. The molecule has 3 aliphatic rings. The Kier molecular flexibility index (Phi) is 4.59. The molecule has 0 radical (unpaired) electrons. The van der Waals surface area contributed by atoms with Crippen molar-refractivity contribution in [2.45, 2.75) is 45.1 Å². The van der Waals surface area contributed by atoms with Gasteiger partial charge in [-0.3, -0.25) is 9.69 Å². The van der Waals surface area contributed by atoms with Crippen molar-refractivity contribution >= 4 is 11.6 Å². The molecule has 24 heavy (non-hydrogen) atoms. The fourth-order valence-electron chi connectivity index (χ4n) is 4.15. The fraction of sp³-hybridized carbons (Fsp3) is 0.650. The lowest BCUT2D eigenvalue weighted by molar-refractivity contribution is -0.119. The summed E-state index contributed by atoms with van der Waals surface area (Å²) in [6.45, 7) is 7.75. The summed E-state index contributed by atoms with van der Waals surface area (Å²) in [5.41, 5.74) is 3.97. The van der Waals surface area contributed by atoms with Gasteiger partial charge in [0, 0.05) is 50.4 Å². The van der Waals surface area contributed by atoms with E-state index in [1.54, 1.807) is 0 Å². The summed E-state index contributed by atoms with van der Waals surface area (Å²) in [6, 6.07) is 7.39. The Balaban J connectivity index is 1.47. The topological polar surface area (TPSA) is 35.6 Å². The van der Waals surface area contributed by atoms with Gasteiger partial charge in [-0.1, -0.05) is 12.1 Å². The van der Waals surface area contributed by atoms with Gasteiger partial charge in [0.1, 0.15) is 0 Å². The van der Waals surface area contributed by atoms with Crippen LogP contribution in [0.1, 0.15) is 37.3 Å². The number of anilines is 1. The third-order valence-electron chi connectivity index (χ3n) is 5.76. The summed E-state index contributed by atoms with van der Waals surface area (Å²) in [4.78, 5) is 17.1. The molecule has 4 nitrogen and oxygen atoms in total. The summed E-state index contributed by atoms with van der Waals surface area (Å²) in [6.07, 6.45) is 5.49. The number of hydrogen-bond acceptors (Lipinski definition) is 3. The summed E-state index contributed by atoms with van der Waals surface area (Å²) in [7, 11) is 0. The third kappa shape index (κ3) is 3.35. The molecule has 1 atom stereocenters. The van der Waals surface area contributed by atoms with E-state index in [2.05, 4.69) is 40.2 Å². The Hall–Kier alpha value is -1.39. The van der Waals surface area contributed by atoms with Crippen LogP contribution in [0.5, 0.6) is 0 Å². The third-order valence-corrected chi connectivity index (χ3v) is 5.76. The van der Waals surface area contributed by atoms with E-state index in [1.165, 1.54) is 16.8 Å². The van der Waals surface area contributed by atoms with Crippen LogP contribution < -0.4 is 10.2 Å². The van der Waals surface area contributed by atoms with E-state index in [1.807, 2.05) is 0 Å². The number of nitrogens with zero attached hydrogens (tertiary/aromatic N) is 2. The van der Waals surface area contributed by atoms with E-state index < -0.39 is 0 Å². The Labute approximate surface area is 145 Å². The van der Waals surface area contributed by atoms with E-state index in [4.69, 9.17) is 0 Å². The molecule has 4 rings (SSSR count). The van der Waals surface area contributed by atoms with Crippen LogP contribution in [0.4, 0.5) is 5.69 Å². The van der Waals surface area contributed by atoms with Crippen LogP contribution in [0.3, 0.4) is 0 Å². The largest absolute Gasteiger partial charge is 0.314 e. The molecule has 0 spiro atoms. The van der Waals surface area contributed by atoms with Gasteiger partial charge in [-0.25, -0.2) is 0 Å². The number of fused-ring (bicyclic) bond motifs is 1. The van der Waals surface area contributed by atoms with E-state index in [-0.39, 0.29) is 0 Å². The quantitative estimate of drug-likeness (QED) is 0.921. The van der Waals surface area contributed by atoms with Gasteiger partial charge in [-0.15, -0.1) is 0 Å². The average molecular weight is 327 g/mol. The molecule has 2 aliphatic heterocycles. The zero-order valence-electron chi connectivity index (χ0n) is 14.8. The van der Waals surface area contributed by atoms with Crippen LogP contribution in [0.15, 0.2) is 18.2 Å². The number of piperazine rings is 1. The number of hydrogen-bond donors (Lipinski definition) is 1. The van der Waals surface area contributed by atoms with E-state index in [0.29, 0.717) is 17.9 Å². The standard InChI is InChI=1S/C20H29N3O/c1-15(22-11-8-21-9-12-22)13-16-4-7-19-18(14-16)3-2-10-23(19)20(24)17-5-6-17/h4,7,14-15,17,21H,2-3,5-6,8-13H2,1H3. The lowest BCUT2D eigenvalue weighted by atomic mass is 9.96. The van der Waals surface area contributed by atoms with Crippen molar-refractivity contribution in [2.24, 2.45) is 5.92 Å². The van der Waals surface area contributed by atoms with E-state index >= 15 is 0 Å². The average Bonchev–Trinajstić information content (AvgIpc) is 3.46. The summed E-state index contributed by atoms with van der Waals surface area (Å²) < 4.78 is 0. The number of carbonyl (C=O) groups excluding carboxylic acids is 1. The number of carbonyl (C=O) groups is 1. The Morgan fingerprint density at radius 1 is 1.25 bits per heavy atom. The monoisotopic (exact) mass is 327 g/mol. The molecule has 1 aliphatic carbocycles. The van der Waals surface area contributed by atoms with Crippen LogP contribution in [-0.2, 0) is 17.6 Å². The number of nitrogens with one attached hydrogen (secondary N) is 1. The van der Waals surface area contributed by atoms with Gasteiger partial charge in [-0.2, -0.15) is 0 Å². The first-order valence-corrected chi connectivity index (χ1v) is 9.60. The second kappa shape index (κ2) is 6.85. The molecule has 4 heteroatoms. The first-order valence-electron chi connectivity index (χ1n) is 9.60. The number of aryl methyl sites for hydroxylation is 1. The van der Waals surface area contributed by atoms with E-state index in [9.17, 15) is 4.79 Å². The minimum absolute atomic E-state index is 0.309. The first kappa shape index (κ1) is 16.1. The molecule has 1 unspecified atom stereocenters. The normalized spacial score (nSPS) is 23.0. The molecular weight excluding hydrogens is 298 g/mol. The highest BCUT2D eigenvalue weighted by Crippen LogP contribution is 2.36. The van der Waals surface area contributed by atoms with Crippen LogP contribution in [0, 0.1) is 5.92 Å². The van der Waals surface area contributed by atoms with Gasteiger partial charge in [-0.05, 0) is 56.2 Å². The first-order chi connectivity index (χ1) is 11.7. The molecule has 1 aromatic carbocycles. The van der Waals surface area contributed by atoms with Crippen molar-refractivity contribution in [2.75, 3.05) is 37.6 Å². The van der Waals surface area contributed by atoms with E-state index in [0.717, 1.165) is 64.8 Å². The SMILES string of the molecule is CC(Cc1ccc2c(c1)CCCN2C(=O)C1CC1)N1CCNCC1. The molecule has 1 saturated carbocycles. The lowest BCUT2D eigenvalue weighted by Crippen LogP contribution is -2.48. The Morgan fingerprint density at radius 3 is 2.79 bits per heavy atom. The smallest absolute Gasteiger partial charge is 0.230 e. The molecule has 1 saturated heterocycles. The van der Waals surface area contributed by atoms with Crippen LogP contribution in [-0.4, -0.2) is 49.6 Å². The van der Waals surface area contributed by atoms with Gasteiger partial charge >= 0.3 is 0 Å². The predicted octanol–water partition coefficient (Wildman–Crippen LogP) is 2.21. The van der Waals surface area contributed by atoms with Crippen molar-refractivity contribution in [1.82, 2.24) is 10.2 Å². The maximum atomic E-state index is 12.5. The van der Waals surface area contributed by atoms with Crippen molar-refractivity contribution in [1.29, 1.82) is 0 Å². The zero-order chi connectivity index (χ0) is 16.5. The van der Waals surface area contributed by atoms with Gasteiger partial charge in [0.05, 0.1) is 0 Å². The van der Waals surface area contributed by atoms with Gasteiger partial charge in [0.2, 0.25) is 5.91 Å². The molecule has 0 bridgehead atoms. The second-order valence-corrected chi connectivity index (χ2v) is 7.67. The summed E-state index contributed by atoms with van der Waals surface area (Å²) in [5.74, 6) is 0.668. The van der Waals surface area contributed by atoms with Gasteiger partial charge < -0.3 is 10.2 Å². The van der Waals surface area contributed by atoms with Crippen molar-refractivity contribution in [3.8, 4) is 0 Å². The molecule has 0 aromatic heterocycles. The van der Waals surface area contributed by atoms with Crippen molar-refractivity contribution < 1.29 is 4.79 Å². The van der Waals surface area contributed by atoms with Gasteiger partial charge in [0.15, 0.2) is 0 Å². The van der Waals surface area contributed by atoms with Crippen LogP contribution in [0.25, 0.3) is 0 Å². The van der Waals surface area contributed by atoms with Crippen LogP contribution >= 0.6 is 0 Å². The summed E-state index contributed by atoms with van der Waals surface area (Å²) >= 11 is 0. The Morgan fingerprint density at radius 2 is 2.04 bits per heavy atom. The number of amides is 1. The molecule has 1 aromatic rings. The summed E-state index contributed by atoms with van der Waals surface area (Å²) in [5, 5.41) is 3.42. The van der Waals surface area contributed by atoms with Crippen LogP contribution in [0.2, 0.25) is 0 Å². The molecule has 2 heterocycles. The number of rotatable bonds is 4. The molecular formula is C20H29N3O. The van der Waals surface area contributed by atoms with Crippen molar-refractivity contribution in [3.05, 3.63) is 29.3 Å². The second-order valence-electron chi connectivity index (χ2n) is 7.67. The molecule has 1 N–H and O–H groups in total. The zero-order valence-corrected chi connectivity index (χ0v) is 14.8. The lowest BCUT2D eigenvalue weighted by Gasteiger charge is -2.33. The fourth-order valence-corrected chi connectivity index (χ4v) is 4.15. The molecule has 1 amide bonds.